The number of rotatable bonds is 8. The Morgan fingerprint density at radius 1 is 1.18 bits per heavy atom. The monoisotopic (exact) mass is 524 g/mol. The van der Waals surface area contributed by atoms with Crippen LogP contribution in [0.3, 0.4) is 0 Å². The van der Waals surface area contributed by atoms with Crippen molar-refractivity contribution in [2.24, 2.45) is 4.99 Å². The van der Waals surface area contributed by atoms with Crippen molar-refractivity contribution in [3.8, 4) is 0 Å². The summed E-state index contributed by atoms with van der Waals surface area (Å²) in [5.74, 6) is 0.491. The van der Waals surface area contributed by atoms with Crippen molar-refractivity contribution in [2.75, 3.05) is 32.4 Å². The highest BCUT2D eigenvalue weighted by atomic mass is 127. The van der Waals surface area contributed by atoms with E-state index in [0.717, 1.165) is 12.0 Å². The van der Waals surface area contributed by atoms with E-state index in [1.165, 1.54) is 0 Å². The van der Waals surface area contributed by atoms with Crippen LogP contribution >= 0.6 is 24.0 Å². The molecule has 0 bridgehead atoms. The molecule has 0 saturated carbocycles. The first-order valence-corrected chi connectivity index (χ1v) is 10.8. The van der Waals surface area contributed by atoms with Crippen LogP contribution in [0.1, 0.15) is 43.6 Å². The maximum absolute atomic E-state index is 12.2. The van der Waals surface area contributed by atoms with Crippen molar-refractivity contribution < 1.29 is 13.2 Å². The standard InChI is InChI=1S/C19H32N4O3S.HI/c1-6-21-18(23-12-13-27(25,26)19(2,3)4)22-11-10-15-8-7-9-16(14-15)17(24)20-5;/h7-9,14H,6,10-13H2,1-5H3,(H,20,24)(H2,21,22,23);1H. The third-order valence-electron chi connectivity index (χ3n) is 4.03. The van der Waals surface area contributed by atoms with Crippen LogP contribution in [0, 0.1) is 0 Å². The average Bonchev–Trinajstić information content (AvgIpc) is 2.60. The molecule has 0 aliphatic rings. The van der Waals surface area contributed by atoms with Crippen LogP contribution in [-0.2, 0) is 16.3 Å². The van der Waals surface area contributed by atoms with Crippen LogP contribution in [0.15, 0.2) is 29.3 Å². The molecule has 0 heterocycles. The Balaban J connectivity index is 0.00000729. The number of aliphatic imine (C=N–C) groups is 1. The van der Waals surface area contributed by atoms with Gasteiger partial charge in [0.05, 0.1) is 17.0 Å². The van der Waals surface area contributed by atoms with Crippen molar-refractivity contribution in [1.82, 2.24) is 16.0 Å². The van der Waals surface area contributed by atoms with Gasteiger partial charge in [0.25, 0.3) is 5.91 Å². The molecule has 1 aromatic rings. The number of carbonyl (C=O) groups excluding carboxylic acids is 1. The lowest BCUT2D eigenvalue weighted by Crippen LogP contribution is -2.39. The van der Waals surface area contributed by atoms with Gasteiger partial charge in [-0.05, 0) is 51.8 Å². The quantitative estimate of drug-likeness (QED) is 0.275. The lowest BCUT2D eigenvalue weighted by Gasteiger charge is -2.18. The van der Waals surface area contributed by atoms with Crippen molar-refractivity contribution >= 4 is 45.7 Å². The van der Waals surface area contributed by atoms with Crippen LogP contribution in [-0.4, -0.2) is 57.5 Å². The van der Waals surface area contributed by atoms with Gasteiger partial charge in [-0.1, -0.05) is 12.1 Å². The van der Waals surface area contributed by atoms with Gasteiger partial charge in [-0.2, -0.15) is 0 Å². The number of carbonyl (C=O) groups is 1. The Labute approximate surface area is 186 Å². The summed E-state index contributed by atoms with van der Waals surface area (Å²) in [6.45, 7) is 8.56. The van der Waals surface area contributed by atoms with E-state index in [0.29, 0.717) is 24.6 Å². The molecule has 160 valence electrons. The van der Waals surface area contributed by atoms with Crippen LogP contribution in [0.25, 0.3) is 0 Å². The van der Waals surface area contributed by atoms with Crippen molar-refractivity contribution in [3.05, 3.63) is 35.4 Å². The number of nitrogens with one attached hydrogen (secondary N) is 3. The summed E-state index contributed by atoms with van der Waals surface area (Å²) < 4.78 is 23.5. The molecule has 0 aliphatic carbocycles. The van der Waals surface area contributed by atoms with Gasteiger partial charge in [-0.3, -0.25) is 9.79 Å². The summed E-state index contributed by atoms with van der Waals surface area (Å²) in [6.07, 6.45) is 0.718. The Morgan fingerprint density at radius 2 is 1.86 bits per heavy atom. The van der Waals surface area contributed by atoms with E-state index >= 15 is 0 Å². The number of guanidine groups is 1. The third-order valence-corrected chi connectivity index (χ3v) is 6.62. The molecule has 9 heteroatoms. The minimum Gasteiger partial charge on any atom is -0.357 e. The molecule has 0 aromatic heterocycles. The Morgan fingerprint density at radius 3 is 2.43 bits per heavy atom. The fraction of sp³-hybridized carbons (Fsp3) is 0.579. The van der Waals surface area contributed by atoms with E-state index in [1.54, 1.807) is 33.9 Å². The first-order valence-electron chi connectivity index (χ1n) is 9.16. The summed E-state index contributed by atoms with van der Waals surface area (Å²) in [5.41, 5.74) is 1.66. The second-order valence-electron chi connectivity index (χ2n) is 7.15. The zero-order valence-corrected chi connectivity index (χ0v) is 20.5. The number of halogens is 1. The molecule has 0 saturated heterocycles. The fourth-order valence-electron chi connectivity index (χ4n) is 2.26. The van der Waals surface area contributed by atoms with Crippen LogP contribution in [0.4, 0.5) is 0 Å². The van der Waals surface area contributed by atoms with Crippen molar-refractivity contribution in [3.63, 3.8) is 0 Å². The Bertz CT molecular complexity index is 759. The van der Waals surface area contributed by atoms with E-state index < -0.39 is 14.6 Å². The molecule has 0 aliphatic heterocycles. The molecule has 1 aromatic carbocycles. The first-order chi connectivity index (χ1) is 12.6. The molecular weight excluding hydrogens is 491 g/mol. The normalized spacial score (nSPS) is 12.1. The number of hydrogen-bond acceptors (Lipinski definition) is 4. The topological polar surface area (TPSA) is 99.7 Å². The number of sulfone groups is 1. The summed E-state index contributed by atoms with van der Waals surface area (Å²) in [7, 11) is -1.58. The molecule has 1 rings (SSSR count). The van der Waals surface area contributed by atoms with E-state index in [9.17, 15) is 13.2 Å². The molecule has 1 amide bonds. The van der Waals surface area contributed by atoms with Gasteiger partial charge in [0, 0.05) is 25.7 Å². The van der Waals surface area contributed by atoms with E-state index in [1.807, 2.05) is 25.1 Å². The van der Waals surface area contributed by atoms with Gasteiger partial charge < -0.3 is 16.0 Å². The predicted molar refractivity (Wildman–Crippen MR) is 126 cm³/mol. The zero-order valence-electron chi connectivity index (χ0n) is 17.3. The predicted octanol–water partition coefficient (Wildman–Crippen LogP) is 1.98. The maximum atomic E-state index is 12.2. The number of nitrogens with zero attached hydrogens (tertiary/aromatic N) is 1. The molecule has 28 heavy (non-hydrogen) atoms. The van der Waals surface area contributed by atoms with Gasteiger partial charge in [-0.15, -0.1) is 24.0 Å². The molecule has 3 N–H and O–H groups in total. The summed E-state index contributed by atoms with van der Waals surface area (Å²) in [4.78, 5) is 16.1. The Hall–Kier alpha value is -1.36. The maximum Gasteiger partial charge on any atom is 0.251 e. The minimum atomic E-state index is -3.19. The molecule has 7 nitrogen and oxygen atoms in total. The SMILES string of the molecule is CCNC(=NCCS(=O)(=O)C(C)(C)C)NCCc1cccc(C(=O)NC)c1.I. The minimum absolute atomic E-state index is 0. The van der Waals surface area contributed by atoms with Crippen LogP contribution in [0.5, 0.6) is 0 Å². The van der Waals surface area contributed by atoms with Crippen LogP contribution in [0.2, 0.25) is 0 Å². The van der Waals surface area contributed by atoms with Crippen molar-refractivity contribution in [1.29, 1.82) is 0 Å². The van der Waals surface area contributed by atoms with E-state index in [2.05, 4.69) is 20.9 Å². The number of hydrogen-bond donors (Lipinski definition) is 3. The fourth-order valence-corrected chi connectivity index (χ4v) is 3.21. The smallest absolute Gasteiger partial charge is 0.251 e. The summed E-state index contributed by atoms with van der Waals surface area (Å²) in [5, 5.41) is 8.93. The average molecular weight is 524 g/mol. The summed E-state index contributed by atoms with van der Waals surface area (Å²) >= 11 is 0. The van der Waals surface area contributed by atoms with Gasteiger partial charge in [0.15, 0.2) is 15.8 Å². The largest absolute Gasteiger partial charge is 0.357 e. The number of benzene rings is 1. The van der Waals surface area contributed by atoms with Gasteiger partial charge in [0.1, 0.15) is 0 Å². The van der Waals surface area contributed by atoms with E-state index in [4.69, 9.17) is 0 Å². The molecule has 0 radical (unpaired) electrons. The molecule has 0 fully saturated rings. The second-order valence-corrected chi connectivity index (χ2v) is 10.0. The molecule has 0 unspecified atom stereocenters. The first kappa shape index (κ1) is 26.6. The highest BCUT2D eigenvalue weighted by molar-refractivity contribution is 14.0. The third kappa shape index (κ3) is 8.76. The van der Waals surface area contributed by atoms with Gasteiger partial charge in [-0.25, -0.2) is 8.42 Å². The molecule has 0 atom stereocenters. The molecular formula is C19H33IN4O3S. The highest BCUT2D eigenvalue weighted by Gasteiger charge is 2.28. The Kier molecular flexibility index (Phi) is 11.7. The second kappa shape index (κ2) is 12.3. The summed E-state index contributed by atoms with van der Waals surface area (Å²) in [6, 6.07) is 7.46. The van der Waals surface area contributed by atoms with Gasteiger partial charge in [0.2, 0.25) is 0 Å². The van der Waals surface area contributed by atoms with Crippen molar-refractivity contribution in [2.45, 2.75) is 38.9 Å². The lowest BCUT2D eigenvalue weighted by atomic mass is 10.1. The highest BCUT2D eigenvalue weighted by Crippen LogP contribution is 2.15. The lowest BCUT2D eigenvalue weighted by molar-refractivity contribution is 0.0963. The zero-order chi connectivity index (χ0) is 20.5. The molecule has 0 spiro atoms. The number of amides is 1. The van der Waals surface area contributed by atoms with Crippen LogP contribution < -0.4 is 16.0 Å². The van der Waals surface area contributed by atoms with E-state index in [-0.39, 0.29) is 42.2 Å². The van der Waals surface area contributed by atoms with Gasteiger partial charge >= 0.3 is 0 Å².